The van der Waals surface area contributed by atoms with Gasteiger partial charge in [0.25, 0.3) is 0 Å². The van der Waals surface area contributed by atoms with Crippen molar-refractivity contribution >= 4 is 23.5 Å². The molecule has 1 fully saturated rings. The minimum Gasteiger partial charge on any atom is -0.451 e. The fourth-order valence-electron chi connectivity index (χ4n) is 3.10. The van der Waals surface area contributed by atoms with Crippen molar-refractivity contribution in [2.45, 2.75) is 17.5 Å². The van der Waals surface area contributed by atoms with Crippen molar-refractivity contribution in [1.82, 2.24) is 4.90 Å². The molecule has 0 spiro atoms. The molecule has 2 atom stereocenters. The number of ether oxygens (including phenoxy) is 1. The molecular formula is C20H17NO3S. The zero-order valence-electron chi connectivity index (χ0n) is 13.4. The summed E-state index contributed by atoms with van der Waals surface area (Å²) in [6.45, 7) is 0.309. The Hall–Kier alpha value is -2.37. The average molecular weight is 351 g/mol. The lowest BCUT2D eigenvalue weighted by Gasteiger charge is -2.43. The number of Topliss-reactive ketones (excluding diaryl/α,β-unsaturated/α-hetero) is 1. The highest BCUT2D eigenvalue weighted by molar-refractivity contribution is 8.03. The topological polar surface area (TPSA) is 46.6 Å². The van der Waals surface area contributed by atoms with Crippen LogP contribution < -0.4 is 0 Å². The van der Waals surface area contributed by atoms with Gasteiger partial charge in [-0.05, 0) is 22.6 Å². The average Bonchev–Trinajstić information content (AvgIpc) is 2.66. The van der Waals surface area contributed by atoms with Gasteiger partial charge in [0, 0.05) is 0 Å². The number of rotatable bonds is 4. The first-order valence-corrected chi connectivity index (χ1v) is 9.09. The molecule has 0 saturated carbocycles. The van der Waals surface area contributed by atoms with Gasteiger partial charge >= 0.3 is 5.97 Å². The highest BCUT2D eigenvalue weighted by Gasteiger charge is 2.46. The Morgan fingerprint density at radius 3 is 2.20 bits per heavy atom. The van der Waals surface area contributed by atoms with Crippen LogP contribution in [-0.4, -0.2) is 34.6 Å². The number of nitrogens with zero attached hydrogens (tertiary/aromatic N) is 1. The first kappa shape index (κ1) is 16.1. The molecule has 126 valence electrons. The molecule has 4 rings (SSSR count). The van der Waals surface area contributed by atoms with Crippen molar-refractivity contribution in [3.8, 4) is 0 Å². The highest BCUT2D eigenvalue weighted by atomic mass is 32.2. The molecule has 2 unspecified atom stereocenters. The SMILES string of the molecule is O=C(OC(c1ccccc1)c1ccccc1)C1C=CSC2C(=O)CN12. The van der Waals surface area contributed by atoms with E-state index in [1.807, 2.05) is 77.0 Å². The van der Waals surface area contributed by atoms with Gasteiger partial charge < -0.3 is 4.74 Å². The lowest BCUT2D eigenvalue weighted by Crippen LogP contribution is -2.62. The summed E-state index contributed by atoms with van der Waals surface area (Å²) in [5.41, 5.74) is 1.85. The smallest absolute Gasteiger partial charge is 0.328 e. The van der Waals surface area contributed by atoms with Crippen molar-refractivity contribution in [3.05, 3.63) is 83.3 Å². The number of hydrogen-bond donors (Lipinski definition) is 0. The molecular weight excluding hydrogens is 334 g/mol. The Labute approximate surface area is 150 Å². The van der Waals surface area contributed by atoms with Crippen molar-refractivity contribution in [3.63, 3.8) is 0 Å². The highest BCUT2D eigenvalue weighted by Crippen LogP contribution is 2.35. The van der Waals surface area contributed by atoms with E-state index < -0.39 is 12.1 Å². The standard InChI is InChI=1S/C20H17NO3S/c22-17-13-21-16(11-12-25-19(17)21)20(23)24-18(14-7-3-1-4-8-14)15-9-5-2-6-10-15/h1-12,16,18-19H,13H2. The maximum absolute atomic E-state index is 12.8. The molecule has 0 radical (unpaired) electrons. The fraction of sp³-hybridized carbons (Fsp3) is 0.200. The van der Waals surface area contributed by atoms with Crippen LogP contribution >= 0.6 is 11.8 Å². The van der Waals surface area contributed by atoms with Crippen LogP contribution in [0.25, 0.3) is 0 Å². The minimum atomic E-state index is -0.501. The zero-order valence-corrected chi connectivity index (χ0v) is 14.3. The van der Waals surface area contributed by atoms with Crippen molar-refractivity contribution in [1.29, 1.82) is 0 Å². The summed E-state index contributed by atoms with van der Waals surface area (Å²) in [5, 5.41) is 1.58. The summed E-state index contributed by atoms with van der Waals surface area (Å²) in [5.74, 6) is -0.165. The van der Waals surface area contributed by atoms with E-state index in [1.54, 1.807) is 0 Å². The molecule has 0 aliphatic carbocycles. The number of benzene rings is 2. The minimum absolute atomic E-state index is 0.162. The third-order valence-corrected chi connectivity index (χ3v) is 5.53. The van der Waals surface area contributed by atoms with Crippen LogP contribution in [0.15, 0.2) is 72.1 Å². The van der Waals surface area contributed by atoms with Crippen molar-refractivity contribution < 1.29 is 14.3 Å². The Balaban J connectivity index is 1.59. The van der Waals surface area contributed by atoms with Gasteiger partial charge in [-0.1, -0.05) is 60.7 Å². The van der Waals surface area contributed by atoms with Crippen LogP contribution in [0.1, 0.15) is 17.2 Å². The molecule has 2 heterocycles. The summed E-state index contributed by atoms with van der Waals surface area (Å²) in [6.07, 6.45) is 1.34. The second-order valence-electron chi connectivity index (χ2n) is 6.04. The van der Waals surface area contributed by atoms with Crippen LogP contribution in [0.5, 0.6) is 0 Å². The lowest BCUT2D eigenvalue weighted by atomic mass is 10.0. The number of carbonyl (C=O) groups is 2. The first-order valence-electron chi connectivity index (χ1n) is 8.15. The fourth-order valence-corrected chi connectivity index (χ4v) is 4.08. The molecule has 1 saturated heterocycles. The van der Waals surface area contributed by atoms with Gasteiger partial charge in [0.1, 0.15) is 11.4 Å². The molecule has 0 N–H and O–H groups in total. The van der Waals surface area contributed by atoms with E-state index in [1.165, 1.54) is 11.8 Å². The maximum atomic E-state index is 12.8. The number of hydrogen-bond acceptors (Lipinski definition) is 5. The van der Waals surface area contributed by atoms with E-state index in [4.69, 9.17) is 4.74 Å². The van der Waals surface area contributed by atoms with Gasteiger partial charge in [0.15, 0.2) is 11.9 Å². The van der Waals surface area contributed by atoms with Gasteiger partial charge in [-0.2, -0.15) is 0 Å². The van der Waals surface area contributed by atoms with Crippen LogP contribution in [0.2, 0.25) is 0 Å². The molecule has 0 amide bonds. The Kier molecular flexibility index (Phi) is 4.42. The molecule has 0 bridgehead atoms. The van der Waals surface area contributed by atoms with E-state index >= 15 is 0 Å². The summed E-state index contributed by atoms with van der Waals surface area (Å²) in [4.78, 5) is 26.3. The Morgan fingerprint density at radius 2 is 1.64 bits per heavy atom. The zero-order chi connectivity index (χ0) is 17.2. The van der Waals surface area contributed by atoms with Crippen molar-refractivity contribution in [2.75, 3.05) is 6.54 Å². The van der Waals surface area contributed by atoms with Gasteiger partial charge in [-0.3, -0.25) is 9.69 Å². The summed E-state index contributed by atoms with van der Waals surface area (Å²) >= 11 is 1.44. The number of carbonyl (C=O) groups excluding carboxylic acids is 2. The van der Waals surface area contributed by atoms with E-state index in [9.17, 15) is 9.59 Å². The van der Waals surface area contributed by atoms with Gasteiger partial charge in [0.2, 0.25) is 0 Å². The van der Waals surface area contributed by atoms with Gasteiger partial charge in [0.05, 0.1) is 6.54 Å². The summed E-state index contributed by atoms with van der Waals surface area (Å²) in [6, 6.07) is 18.9. The molecule has 25 heavy (non-hydrogen) atoms. The molecule has 0 aromatic heterocycles. The predicted octanol–water partition coefficient (Wildman–Crippen LogP) is 3.16. The third kappa shape index (κ3) is 3.13. The first-order chi connectivity index (χ1) is 12.2. The molecule has 2 aliphatic rings. The van der Waals surface area contributed by atoms with E-state index in [2.05, 4.69) is 0 Å². The predicted molar refractivity (Wildman–Crippen MR) is 96.8 cm³/mol. The second-order valence-corrected chi connectivity index (χ2v) is 7.03. The van der Waals surface area contributed by atoms with Crippen LogP contribution in [0.4, 0.5) is 0 Å². The Morgan fingerprint density at radius 1 is 1.04 bits per heavy atom. The monoisotopic (exact) mass is 351 g/mol. The number of ketones is 1. The quantitative estimate of drug-likeness (QED) is 0.792. The largest absolute Gasteiger partial charge is 0.451 e. The molecule has 5 heteroatoms. The van der Waals surface area contributed by atoms with E-state index in [0.717, 1.165) is 11.1 Å². The van der Waals surface area contributed by atoms with Crippen molar-refractivity contribution in [2.24, 2.45) is 0 Å². The van der Waals surface area contributed by atoms with E-state index in [-0.39, 0.29) is 17.1 Å². The number of thioether (sulfide) groups is 1. The Bertz CT molecular complexity index is 767. The molecule has 4 nitrogen and oxygen atoms in total. The summed E-state index contributed by atoms with van der Waals surface area (Å²) in [7, 11) is 0. The molecule has 2 aromatic carbocycles. The summed E-state index contributed by atoms with van der Waals surface area (Å²) < 4.78 is 5.90. The maximum Gasteiger partial charge on any atom is 0.328 e. The number of esters is 1. The normalized spacial score (nSPS) is 22.4. The van der Waals surface area contributed by atoms with Crippen LogP contribution in [0, 0.1) is 0 Å². The molecule has 2 aromatic rings. The van der Waals surface area contributed by atoms with Gasteiger partial charge in [-0.15, -0.1) is 11.8 Å². The van der Waals surface area contributed by atoms with Gasteiger partial charge in [-0.25, -0.2) is 4.79 Å². The second kappa shape index (κ2) is 6.86. The van der Waals surface area contributed by atoms with Crippen LogP contribution in [0.3, 0.4) is 0 Å². The number of fused-ring (bicyclic) bond motifs is 1. The lowest BCUT2D eigenvalue weighted by molar-refractivity contribution is -0.156. The third-order valence-electron chi connectivity index (χ3n) is 4.42. The van der Waals surface area contributed by atoms with Crippen LogP contribution in [-0.2, 0) is 14.3 Å². The molecule has 2 aliphatic heterocycles. The van der Waals surface area contributed by atoms with E-state index in [0.29, 0.717) is 6.54 Å².